The Labute approximate surface area is 111 Å². The number of benzene rings is 1. The quantitative estimate of drug-likeness (QED) is 0.757. The van der Waals surface area contributed by atoms with Gasteiger partial charge in [0.15, 0.2) is 5.13 Å². The Morgan fingerprint density at radius 2 is 2.33 bits per heavy atom. The third-order valence-corrected chi connectivity index (χ3v) is 3.48. The maximum absolute atomic E-state index is 11.8. The van der Waals surface area contributed by atoms with Gasteiger partial charge in [-0.2, -0.15) is 0 Å². The van der Waals surface area contributed by atoms with Crippen LogP contribution in [0.25, 0.3) is 10.2 Å². The van der Waals surface area contributed by atoms with Crippen molar-refractivity contribution in [1.29, 1.82) is 0 Å². The number of rotatable bonds is 2. The number of H-pyrrole nitrogens is 1. The molecule has 0 saturated carbocycles. The second-order valence-corrected chi connectivity index (χ2v) is 5.02. The average molecular weight is 279 g/mol. The van der Waals surface area contributed by atoms with Crippen LogP contribution in [-0.4, -0.2) is 20.9 Å². The highest BCUT2D eigenvalue weighted by molar-refractivity contribution is 7.22. The number of aromatic nitrogens is 3. The Morgan fingerprint density at radius 1 is 1.44 bits per heavy atom. The molecule has 3 rings (SSSR count). The van der Waals surface area contributed by atoms with Crippen molar-refractivity contribution in [3.63, 3.8) is 0 Å². The Hall–Kier alpha value is -1.92. The van der Waals surface area contributed by atoms with Crippen molar-refractivity contribution in [2.45, 2.75) is 0 Å². The van der Waals surface area contributed by atoms with E-state index >= 15 is 0 Å². The molecule has 0 aliphatic carbocycles. The van der Waals surface area contributed by atoms with Gasteiger partial charge in [0.25, 0.3) is 5.91 Å². The third-order valence-electron chi connectivity index (χ3n) is 2.31. The molecule has 0 bridgehead atoms. The summed E-state index contributed by atoms with van der Waals surface area (Å²) in [6.07, 6.45) is 2.91. The van der Waals surface area contributed by atoms with Crippen LogP contribution in [0.1, 0.15) is 10.5 Å². The highest BCUT2D eigenvalue weighted by Gasteiger charge is 2.10. The summed E-state index contributed by atoms with van der Waals surface area (Å²) in [5, 5.41) is 3.89. The molecule has 0 fully saturated rings. The number of hydrogen-bond donors (Lipinski definition) is 2. The van der Waals surface area contributed by atoms with Crippen molar-refractivity contribution < 1.29 is 4.79 Å². The summed E-state index contributed by atoms with van der Waals surface area (Å²) in [6, 6.07) is 5.41. The number of nitrogens with zero attached hydrogens (tertiary/aromatic N) is 2. The Balaban J connectivity index is 1.89. The van der Waals surface area contributed by atoms with Crippen LogP contribution in [0.2, 0.25) is 5.02 Å². The molecule has 1 aromatic carbocycles. The molecule has 0 atom stereocenters. The van der Waals surface area contributed by atoms with E-state index < -0.39 is 0 Å². The predicted molar refractivity (Wildman–Crippen MR) is 71.2 cm³/mol. The minimum atomic E-state index is -0.266. The number of carbonyl (C=O) groups excluding carboxylic acids is 1. The van der Waals surface area contributed by atoms with Gasteiger partial charge in [-0.05, 0) is 18.2 Å². The molecule has 7 heteroatoms. The average Bonchev–Trinajstić information content (AvgIpc) is 2.95. The smallest absolute Gasteiger partial charge is 0.275 e. The number of halogens is 1. The van der Waals surface area contributed by atoms with E-state index in [4.69, 9.17) is 11.6 Å². The SMILES string of the molecule is O=C(Nc1nc2ccc(Cl)cc2s1)c1cnc[nH]1. The summed E-state index contributed by atoms with van der Waals surface area (Å²) in [7, 11) is 0. The Morgan fingerprint density at radius 3 is 3.11 bits per heavy atom. The van der Waals surface area contributed by atoms with Crippen LogP contribution in [0.4, 0.5) is 5.13 Å². The molecule has 0 saturated heterocycles. The van der Waals surface area contributed by atoms with E-state index in [0.717, 1.165) is 10.2 Å². The van der Waals surface area contributed by atoms with Crippen LogP contribution in [0.3, 0.4) is 0 Å². The molecule has 0 spiro atoms. The first-order valence-electron chi connectivity index (χ1n) is 5.08. The highest BCUT2D eigenvalue weighted by atomic mass is 35.5. The highest BCUT2D eigenvalue weighted by Crippen LogP contribution is 2.28. The maximum atomic E-state index is 11.8. The summed E-state index contributed by atoms with van der Waals surface area (Å²) in [5.41, 5.74) is 1.21. The van der Waals surface area contributed by atoms with E-state index in [9.17, 15) is 4.79 Å². The fourth-order valence-corrected chi connectivity index (χ4v) is 2.63. The predicted octanol–water partition coefficient (Wildman–Crippen LogP) is 2.93. The van der Waals surface area contributed by atoms with Crippen molar-refractivity contribution >= 4 is 44.2 Å². The molecule has 90 valence electrons. The van der Waals surface area contributed by atoms with Gasteiger partial charge in [0.1, 0.15) is 5.69 Å². The number of anilines is 1. The Bertz CT molecular complexity index is 707. The molecule has 3 aromatic rings. The summed E-state index contributed by atoms with van der Waals surface area (Å²) in [4.78, 5) is 22.6. The van der Waals surface area contributed by atoms with Crippen LogP contribution < -0.4 is 5.32 Å². The second kappa shape index (κ2) is 4.40. The molecule has 0 radical (unpaired) electrons. The minimum Gasteiger partial charge on any atom is -0.341 e. The molecule has 0 aliphatic heterocycles. The van der Waals surface area contributed by atoms with Crippen molar-refractivity contribution in [1.82, 2.24) is 15.0 Å². The molecular formula is C11H7ClN4OS. The summed E-state index contributed by atoms with van der Waals surface area (Å²) >= 11 is 7.27. The summed E-state index contributed by atoms with van der Waals surface area (Å²) in [6.45, 7) is 0. The van der Waals surface area contributed by atoms with Crippen molar-refractivity contribution in [3.8, 4) is 0 Å². The Kier molecular flexibility index (Phi) is 2.73. The molecule has 0 unspecified atom stereocenters. The fraction of sp³-hybridized carbons (Fsp3) is 0. The zero-order valence-corrected chi connectivity index (χ0v) is 10.5. The molecular weight excluding hydrogens is 272 g/mol. The largest absolute Gasteiger partial charge is 0.341 e. The zero-order valence-electron chi connectivity index (χ0n) is 8.98. The van der Waals surface area contributed by atoms with E-state index in [1.165, 1.54) is 23.9 Å². The van der Waals surface area contributed by atoms with Gasteiger partial charge in [0, 0.05) is 5.02 Å². The lowest BCUT2D eigenvalue weighted by atomic mass is 10.3. The molecule has 2 aromatic heterocycles. The van der Waals surface area contributed by atoms with E-state index in [-0.39, 0.29) is 5.91 Å². The lowest BCUT2D eigenvalue weighted by Crippen LogP contribution is -2.11. The number of thiazole rings is 1. The zero-order chi connectivity index (χ0) is 12.5. The lowest BCUT2D eigenvalue weighted by molar-refractivity contribution is 0.102. The normalized spacial score (nSPS) is 10.7. The monoisotopic (exact) mass is 278 g/mol. The first-order valence-corrected chi connectivity index (χ1v) is 6.27. The van der Waals surface area contributed by atoms with Crippen LogP contribution in [-0.2, 0) is 0 Å². The number of carbonyl (C=O) groups is 1. The maximum Gasteiger partial charge on any atom is 0.275 e. The van der Waals surface area contributed by atoms with Crippen molar-refractivity contribution in [2.24, 2.45) is 0 Å². The van der Waals surface area contributed by atoms with Gasteiger partial charge in [-0.15, -0.1) is 0 Å². The number of fused-ring (bicyclic) bond motifs is 1. The summed E-state index contributed by atoms with van der Waals surface area (Å²) < 4.78 is 0.933. The second-order valence-electron chi connectivity index (χ2n) is 3.55. The van der Waals surface area contributed by atoms with Gasteiger partial charge in [-0.1, -0.05) is 22.9 Å². The number of nitrogens with one attached hydrogen (secondary N) is 2. The van der Waals surface area contributed by atoms with E-state index in [0.29, 0.717) is 15.8 Å². The number of aromatic amines is 1. The molecule has 18 heavy (non-hydrogen) atoms. The standard InChI is InChI=1S/C11H7ClN4OS/c12-6-1-2-7-9(3-6)18-11(15-7)16-10(17)8-4-13-5-14-8/h1-5H,(H,13,14)(H,15,16,17). The van der Waals surface area contributed by atoms with E-state index in [1.54, 1.807) is 6.07 Å². The van der Waals surface area contributed by atoms with Gasteiger partial charge in [-0.25, -0.2) is 9.97 Å². The van der Waals surface area contributed by atoms with E-state index in [1.807, 2.05) is 12.1 Å². The number of imidazole rings is 1. The molecule has 2 heterocycles. The van der Waals surface area contributed by atoms with Gasteiger partial charge in [-0.3, -0.25) is 10.1 Å². The van der Waals surface area contributed by atoms with Gasteiger partial charge >= 0.3 is 0 Å². The van der Waals surface area contributed by atoms with Gasteiger partial charge in [0.2, 0.25) is 0 Å². The summed E-state index contributed by atoms with van der Waals surface area (Å²) in [5.74, 6) is -0.266. The lowest BCUT2D eigenvalue weighted by Gasteiger charge is -1.96. The topological polar surface area (TPSA) is 70.7 Å². The van der Waals surface area contributed by atoms with Crippen molar-refractivity contribution in [3.05, 3.63) is 41.4 Å². The molecule has 2 N–H and O–H groups in total. The van der Waals surface area contributed by atoms with Crippen molar-refractivity contribution in [2.75, 3.05) is 5.32 Å². The van der Waals surface area contributed by atoms with Crippen LogP contribution >= 0.6 is 22.9 Å². The van der Waals surface area contributed by atoms with E-state index in [2.05, 4.69) is 20.3 Å². The minimum absolute atomic E-state index is 0.266. The number of amides is 1. The molecule has 1 amide bonds. The van der Waals surface area contributed by atoms with Crippen LogP contribution in [0, 0.1) is 0 Å². The van der Waals surface area contributed by atoms with Crippen LogP contribution in [0.15, 0.2) is 30.7 Å². The first-order chi connectivity index (χ1) is 8.72. The third kappa shape index (κ3) is 2.07. The number of hydrogen-bond acceptors (Lipinski definition) is 4. The van der Waals surface area contributed by atoms with Gasteiger partial charge < -0.3 is 4.98 Å². The van der Waals surface area contributed by atoms with Crippen LogP contribution in [0.5, 0.6) is 0 Å². The van der Waals surface area contributed by atoms with Gasteiger partial charge in [0.05, 0.1) is 22.7 Å². The first kappa shape index (κ1) is 11.2. The molecule has 5 nitrogen and oxygen atoms in total. The molecule has 0 aliphatic rings. The fourth-order valence-electron chi connectivity index (χ4n) is 1.50.